The second kappa shape index (κ2) is 12.6. The number of nitrogens with one attached hydrogen (secondary N) is 2. The summed E-state index contributed by atoms with van der Waals surface area (Å²) in [6, 6.07) is 66.6. The molecule has 6 heteroatoms. The van der Waals surface area contributed by atoms with E-state index in [1.807, 2.05) is 12.1 Å². The maximum absolute atomic E-state index is 7.03. The third-order valence-electron chi connectivity index (χ3n) is 11.6. The van der Waals surface area contributed by atoms with E-state index in [0.717, 1.165) is 72.1 Å². The van der Waals surface area contributed by atoms with Crippen molar-refractivity contribution < 1.29 is 4.42 Å². The third-order valence-corrected chi connectivity index (χ3v) is 11.6. The summed E-state index contributed by atoms with van der Waals surface area (Å²) in [7, 11) is 0. The second-order valence-electron chi connectivity index (χ2n) is 14.8. The van der Waals surface area contributed by atoms with Crippen molar-refractivity contribution in [1.29, 1.82) is 0 Å². The van der Waals surface area contributed by atoms with Gasteiger partial charge >= 0.3 is 0 Å². The number of rotatable bonds is 5. The van der Waals surface area contributed by atoms with Gasteiger partial charge in [-0.2, -0.15) is 0 Å². The summed E-state index contributed by atoms with van der Waals surface area (Å²) in [6.45, 7) is 0. The number of hydrogen-bond donors (Lipinski definition) is 2. The SMILES string of the molecule is c1ccc(C2N=C(c3ccc4c(c3)oc3c4ccc4c3c3ccc5c(c6ccccc6n5-c5ccccc5)c3n4-c3ccccc3)NC(c3ccccc3)N2)cc1. The molecule has 8 aromatic carbocycles. The minimum absolute atomic E-state index is 0.122. The van der Waals surface area contributed by atoms with E-state index in [9.17, 15) is 0 Å². The van der Waals surface area contributed by atoms with Crippen LogP contribution in [0.4, 0.5) is 0 Å². The minimum Gasteiger partial charge on any atom is -0.455 e. The molecule has 11 aromatic rings. The fourth-order valence-electron chi connectivity index (χ4n) is 9.05. The molecule has 57 heavy (non-hydrogen) atoms. The van der Waals surface area contributed by atoms with Crippen LogP contribution in [0.5, 0.6) is 0 Å². The molecule has 0 amide bonds. The van der Waals surface area contributed by atoms with E-state index in [4.69, 9.17) is 9.41 Å². The summed E-state index contributed by atoms with van der Waals surface area (Å²) in [4.78, 5) is 5.21. The topological polar surface area (TPSA) is 59.4 Å². The maximum Gasteiger partial charge on any atom is 0.145 e. The Morgan fingerprint density at radius 2 is 1.07 bits per heavy atom. The van der Waals surface area contributed by atoms with E-state index >= 15 is 0 Å². The summed E-state index contributed by atoms with van der Waals surface area (Å²) in [5.41, 5.74) is 11.8. The van der Waals surface area contributed by atoms with Crippen LogP contribution in [0.1, 0.15) is 29.0 Å². The molecular formula is C51H35N5O. The van der Waals surface area contributed by atoms with Gasteiger partial charge in [0.15, 0.2) is 0 Å². The van der Waals surface area contributed by atoms with Gasteiger partial charge in [-0.05, 0) is 77.9 Å². The molecule has 0 saturated carbocycles. The number of hydrogen-bond acceptors (Lipinski definition) is 4. The standard InChI is InChI=1S/C51H35N5O/c1-5-15-32(16-6-1)49-52-50(33-17-7-2-8-18-33)54-51(53-49)34-25-26-37-38-27-29-43-46(48(38)57-44(37)31-34)40-28-30-42-45(47(40)56(43)36-21-11-4-12-22-36)39-23-13-14-24-41(39)55(42)35-19-9-3-10-20-35/h1-31,49-50,52H,(H,53,54). The minimum atomic E-state index is -0.215. The molecule has 0 spiro atoms. The van der Waals surface area contributed by atoms with Gasteiger partial charge in [-0.3, -0.25) is 5.32 Å². The van der Waals surface area contributed by atoms with Crippen LogP contribution in [-0.2, 0) is 0 Å². The van der Waals surface area contributed by atoms with Crippen molar-refractivity contribution in [1.82, 2.24) is 19.8 Å². The zero-order valence-electron chi connectivity index (χ0n) is 30.8. The van der Waals surface area contributed by atoms with E-state index in [2.05, 4.69) is 196 Å². The Morgan fingerprint density at radius 3 is 1.81 bits per heavy atom. The number of furan rings is 1. The normalized spacial score (nSPS) is 15.9. The molecule has 270 valence electrons. The van der Waals surface area contributed by atoms with Crippen LogP contribution in [0.15, 0.2) is 197 Å². The van der Waals surface area contributed by atoms with Crippen molar-refractivity contribution in [3.63, 3.8) is 0 Å². The van der Waals surface area contributed by atoms with E-state index in [0.29, 0.717) is 0 Å². The molecule has 0 fully saturated rings. The number of amidine groups is 1. The quantitative estimate of drug-likeness (QED) is 0.185. The predicted octanol–water partition coefficient (Wildman–Crippen LogP) is 12.1. The molecule has 1 aliphatic heterocycles. The summed E-state index contributed by atoms with van der Waals surface area (Å²) in [5.74, 6) is 0.821. The summed E-state index contributed by atoms with van der Waals surface area (Å²) < 4.78 is 11.8. The Kier molecular flexibility index (Phi) is 7.03. The summed E-state index contributed by atoms with van der Waals surface area (Å²) in [5, 5.41) is 14.3. The molecule has 0 saturated heterocycles. The van der Waals surface area contributed by atoms with E-state index in [1.165, 1.54) is 27.3 Å². The number of para-hydroxylation sites is 3. The Labute approximate surface area is 327 Å². The monoisotopic (exact) mass is 733 g/mol. The lowest BCUT2D eigenvalue weighted by Gasteiger charge is -2.32. The van der Waals surface area contributed by atoms with Gasteiger partial charge in [0.2, 0.25) is 0 Å². The lowest BCUT2D eigenvalue weighted by Crippen LogP contribution is -2.44. The van der Waals surface area contributed by atoms with Crippen molar-refractivity contribution in [2.45, 2.75) is 12.3 Å². The smallest absolute Gasteiger partial charge is 0.145 e. The van der Waals surface area contributed by atoms with Gasteiger partial charge in [-0.15, -0.1) is 0 Å². The van der Waals surface area contributed by atoms with Crippen molar-refractivity contribution in [3.05, 3.63) is 205 Å². The van der Waals surface area contributed by atoms with Crippen molar-refractivity contribution in [3.8, 4) is 11.4 Å². The summed E-state index contributed by atoms with van der Waals surface area (Å²) >= 11 is 0. The van der Waals surface area contributed by atoms with Crippen LogP contribution in [0.2, 0.25) is 0 Å². The third kappa shape index (κ3) is 4.91. The van der Waals surface area contributed by atoms with Gasteiger partial charge < -0.3 is 18.9 Å². The van der Waals surface area contributed by atoms with Crippen LogP contribution in [0.25, 0.3) is 76.9 Å². The highest BCUT2D eigenvalue weighted by molar-refractivity contribution is 6.31. The first-order valence-electron chi connectivity index (χ1n) is 19.5. The number of benzene rings is 8. The van der Waals surface area contributed by atoms with Crippen molar-refractivity contribution >= 4 is 71.4 Å². The zero-order chi connectivity index (χ0) is 37.5. The first kappa shape index (κ1) is 31.9. The number of aromatic nitrogens is 2. The van der Waals surface area contributed by atoms with Crippen molar-refractivity contribution in [2.75, 3.05) is 0 Å². The summed E-state index contributed by atoms with van der Waals surface area (Å²) in [6.07, 6.45) is -0.337. The van der Waals surface area contributed by atoms with Gasteiger partial charge in [0.25, 0.3) is 0 Å². The van der Waals surface area contributed by atoms with Crippen LogP contribution < -0.4 is 10.6 Å². The molecule has 0 radical (unpaired) electrons. The van der Waals surface area contributed by atoms with Crippen LogP contribution in [0, 0.1) is 0 Å². The largest absolute Gasteiger partial charge is 0.455 e. The lowest BCUT2D eigenvalue weighted by molar-refractivity contribution is 0.409. The highest BCUT2D eigenvalue weighted by atomic mass is 16.3. The molecule has 6 nitrogen and oxygen atoms in total. The highest BCUT2D eigenvalue weighted by Gasteiger charge is 2.27. The fraction of sp³-hybridized carbons (Fsp3) is 0.0392. The van der Waals surface area contributed by atoms with E-state index in [-0.39, 0.29) is 12.3 Å². The average Bonchev–Trinajstić information content (AvgIpc) is 3.95. The first-order chi connectivity index (χ1) is 28.3. The Hall–Kier alpha value is -7.41. The molecule has 2 atom stereocenters. The first-order valence-corrected chi connectivity index (χ1v) is 19.5. The van der Waals surface area contributed by atoms with Crippen LogP contribution in [0.3, 0.4) is 0 Å². The molecule has 4 heterocycles. The highest BCUT2D eigenvalue weighted by Crippen LogP contribution is 2.45. The van der Waals surface area contributed by atoms with Gasteiger partial charge in [0, 0.05) is 43.9 Å². The molecular weight excluding hydrogens is 699 g/mol. The molecule has 2 unspecified atom stereocenters. The number of nitrogens with zero attached hydrogens (tertiary/aromatic N) is 3. The van der Waals surface area contributed by atoms with E-state index < -0.39 is 0 Å². The Bertz CT molecular complexity index is 3340. The van der Waals surface area contributed by atoms with E-state index in [1.54, 1.807) is 0 Å². The molecule has 12 rings (SSSR count). The van der Waals surface area contributed by atoms with Gasteiger partial charge in [0.1, 0.15) is 29.3 Å². The zero-order valence-corrected chi connectivity index (χ0v) is 30.8. The fourth-order valence-corrected chi connectivity index (χ4v) is 9.05. The van der Waals surface area contributed by atoms with Gasteiger partial charge in [-0.25, -0.2) is 4.99 Å². The van der Waals surface area contributed by atoms with Gasteiger partial charge in [0.05, 0.1) is 27.5 Å². The lowest BCUT2D eigenvalue weighted by atomic mass is 10.0. The second-order valence-corrected chi connectivity index (χ2v) is 14.8. The molecule has 2 N–H and O–H groups in total. The van der Waals surface area contributed by atoms with Crippen LogP contribution >= 0.6 is 0 Å². The molecule has 1 aliphatic rings. The molecule has 0 bridgehead atoms. The Morgan fingerprint density at radius 1 is 0.474 bits per heavy atom. The molecule has 0 aliphatic carbocycles. The number of aliphatic imine (C=N–C) groups is 1. The van der Waals surface area contributed by atoms with Crippen molar-refractivity contribution in [2.24, 2.45) is 4.99 Å². The average molecular weight is 734 g/mol. The maximum atomic E-state index is 7.03. The predicted molar refractivity (Wildman–Crippen MR) is 234 cm³/mol. The van der Waals surface area contributed by atoms with Crippen LogP contribution in [-0.4, -0.2) is 15.0 Å². The number of fused-ring (bicyclic) bond motifs is 11. The molecule has 3 aromatic heterocycles. The van der Waals surface area contributed by atoms with Gasteiger partial charge in [-0.1, -0.05) is 121 Å². The Balaban J connectivity index is 1.10.